The first-order valence-electron chi connectivity index (χ1n) is 5.14. The van der Waals surface area contributed by atoms with E-state index in [2.05, 4.69) is 12.6 Å². The van der Waals surface area contributed by atoms with Crippen LogP contribution in [0.15, 0.2) is 0 Å². The summed E-state index contributed by atoms with van der Waals surface area (Å²) in [4.78, 5) is 13.6. The van der Waals surface area contributed by atoms with E-state index in [9.17, 15) is 4.79 Å². The van der Waals surface area contributed by atoms with Crippen molar-refractivity contribution in [3.8, 4) is 0 Å². The fourth-order valence-corrected chi connectivity index (χ4v) is 2.39. The molecule has 0 aromatic rings. The van der Waals surface area contributed by atoms with Gasteiger partial charge in [0.05, 0.1) is 0 Å². The average Bonchev–Trinajstić information content (AvgIpc) is 2.90. The van der Waals surface area contributed by atoms with Crippen LogP contribution >= 0.6 is 12.6 Å². The van der Waals surface area contributed by atoms with Crippen molar-refractivity contribution in [2.24, 2.45) is 5.41 Å². The molecule has 1 heterocycles. The van der Waals surface area contributed by atoms with Crippen LogP contribution in [-0.2, 0) is 4.79 Å². The van der Waals surface area contributed by atoms with Gasteiger partial charge < -0.3 is 4.90 Å². The monoisotopic (exact) mass is 199 g/mol. The summed E-state index contributed by atoms with van der Waals surface area (Å²) in [6, 6.07) is 0. The Hall–Kier alpha value is -0.180. The number of nitrogens with zero attached hydrogens (tertiary/aromatic N) is 1. The molecule has 1 saturated carbocycles. The second kappa shape index (κ2) is 3.52. The fourth-order valence-electron chi connectivity index (χ4n) is 1.98. The lowest BCUT2D eigenvalue weighted by atomic mass is 10.1. The highest BCUT2D eigenvalue weighted by molar-refractivity contribution is 7.80. The Bertz CT molecular complexity index is 213. The molecule has 1 amide bonds. The highest BCUT2D eigenvalue weighted by atomic mass is 32.1. The van der Waals surface area contributed by atoms with Crippen molar-refractivity contribution in [3.05, 3.63) is 0 Å². The molecule has 0 unspecified atom stereocenters. The average molecular weight is 199 g/mol. The number of rotatable bonds is 3. The molecule has 2 rings (SSSR count). The molecule has 0 N–H and O–H groups in total. The molecule has 3 heteroatoms. The van der Waals surface area contributed by atoms with Crippen molar-refractivity contribution in [2.75, 3.05) is 18.8 Å². The van der Waals surface area contributed by atoms with E-state index >= 15 is 0 Å². The summed E-state index contributed by atoms with van der Waals surface area (Å²) < 4.78 is 0. The van der Waals surface area contributed by atoms with Gasteiger partial charge in [-0.05, 0) is 36.9 Å². The van der Waals surface area contributed by atoms with E-state index in [0.717, 1.165) is 31.7 Å². The molecule has 0 atom stereocenters. The summed E-state index contributed by atoms with van der Waals surface area (Å²) >= 11 is 4.35. The van der Waals surface area contributed by atoms with Gasteiger partial charge in [0, 0.05) is 19.5 Å². The summed E-state index contributed by atoms with van der Waals surface area (Å²) in [5.41, 5.74) is 0.399. The normalized spacial score (nSPS) is 26.2. The van der Waals surface area contributed by atoms with Crippen LogP contribution in [0.25, 0.3) is 0 Å². The lowest BCUT2D eigenvalue weighted by molar-refractivity contribution is -0.134. The molecule has 13 heavy (non-hydrogen) atoms. The van der Waals surface area contributed by atoms with E-state index in [1.807, 2.05) is 4.90 Å². The Morgan fingerprint density at radius 1 is 1.38 bits per heavy atom. The first-order valence-corrected chi connectivity index (χ1v) is 5.78. The molecule has 74 valence electrons. The number of carbonyl (C=O) groups excluding carboxylic acids is 1. The number of piperidine rings is 1. The number of hydrogen-bond donors (Lipinski definition) is 1. The van der Waals surface area contributed by atoms with Crippen molar-refractivity contribution >= 4 is 18.5 Å². The first kappa shape index (κ1) is 9.38. The van der Waals surface area contributed by atoms with Crippen molar-refractivity contribution in [3.63, 3.8) is 0 Å². The Morgan fingerprint density at radius 3 is 2.69 bits per heavy atom. The molecule has 2 nitrogen and oxygen atoms in total. The second-order valence-electron chi connectivity index (χ2n) is 4.43. The van der Waals surface area contributed by atoms with Crippen LogP contribution in [0.5, 0.6) is 0 Å². The number of hydrogen-bond acceptors (Lipinski definition) is 2. The molecule has 0 radical (unpaired) electrons. The van der Waals surface area contributed by atoms with Crippen LogP contribution in [0.4, 0.5) is 0 Å². The third-order valence-electron chi connectivity index (χ3n) is 3.24. The van der Waals surface area contributed by atoms with Gasteiger partial charge in [0.2, 0.25) is 5.91 Å². The largest absolute Gasteiger partial charge is 0.342 e. The summed E-state index contributed by atoms with van der Waals surface area (Å²) in [6.07, 6.45) is 5.57. The Morgan fingerprint density at radius 2 is 2.15 bits per heavy atom. The molecule has 1 aliphatic carbocycles. The fraction of sp³-hybridized carbons (Fsp3) is 0.900. The zero-order chi connectivity index (χ0) is 9.31. The van der Waals surface area contributed by atoms with Gasteiger partial charge >= 0.3 is 0 Å². The van der Waals surface area contributed by atoms with Gasteiger partial charge in [0.1, 0.15) is 0 Å². The van der Waals surface area contributed by atoms with Gasteiger partial charge in [-0.1, -0.05) is 0 Å². The lowest BCUT2D eigenvalue weighted by Gasteiger charge is -2.30. The third-order valence-corrected chi connectivity index (χ3v) is 3.91. The van der Waals surface area contributed by atoms with E-state index < -0.39 is 0 Å². The molecule has 2 aliphatic rings. The zero-order valence-corrected chi connectivity index (χ0v) is 8.85. The molecule has 0 aromatic heterocycles. The molecule has 2 fully saturated rings. The smallest absolute Gasteiger partial charge is 0.222 e. The van der Waals surface area contributed by atoms with Crippen molar-refractivity contribution in [2.45, 2.75) is 32.1 Å². The highest BCUT2D eigenvalue weighted by Crippen LogP contribution is 2.47. The molecule has 0 bridgehead atoms. The van der Waals surface area contributed by atoms with Crippen molar-refractivity contribution in [1.82, 2.24) is 4.90 Å². The highest BCUT2D eigenvalue weighted by Gasteiger charge is 2.43. The maximum absolute atomic E-state index is 11.5. The molecule has 1 aliphatic heterocycles. The Kier molecular flexibility index (Phi) is 2.54. The predicted molar refractivity (Wildman–Crippen MR) is 56.0 cm³/mol. The van der Waals surface area contributed by atoms with E-state index in [4.69, 9.17) is 0 Å². The molecule has 1 saturated heterocycles. The minimum atomic E-state index is 0.360. The van der Waals surface area contributed by atoms with Crippen LogP contribution in [0.2, 0.25) is 0 Å². The quantitative estimate of drug-likeness (QED) is 0.686. The second-order valence-corrected chi connectivity index (χ2v) is 4.75. The summed E-state index contributed by atoms with van der Waals surface area (Å²) in [5.74, 6) is 1.30. The summed E-state index contributed by atoms with van der Waals surface area (Å²) in [5, 5.41) is 0. The molecule has 0 aromatic carbocycles. The van der Waals surface area contributed by atoms with Gasteiger partial charge in [-0.15, -0.1) is 0 Å². The maximum Gasteiger partial charge on any atom is 0.222 e. The standard InChI is InChI=1S/C10H17NOS/c12-9-3-1-2-6-11(9)7-10(8-13)4-5-10/h13H,1-8H2. The van der Waals surface area contributed by atoms with Crippen molar-refractivity contribution < 1.29 is 4.79 Å². The minimum Gasteiger partial charge on any atom is -0.342 e. The van der Waals surface area contributed by atoms with Crippen LogP contribution in [0, 0.1) is 5.41 Å². The van der Waals surface area contributed by atoms with Gasteiger partial charge in [-0.25, -0.2) is 0 Å². The third kappa shape index (κ3) is 2.01. The van der Waals surface area contributed by atoms with Gasteiger partial charge in [-0.3, -0.25) is 4.79 Å². The Labute approximate surface area is 85.1 Å². The summed E-state index contributed by atoms with van der Waals surface area (Å²) in [7, 11) is 0. The predicted octanol–water partition coefficient (Wildman–Crippen LogP) is 1.71. The van der Waals surface area contributed by atoms with E-state index in [-0.39, 0.29) is 0 Å². The number of likely N-dealkylation sites (tertiary alicyclic amines) is 1. The van der Waals surface area contributed by atoms with E-state index in [1.54, 1.807) is 0 Å². The van der Waals surface area contributed by atoms with Crippen LogP contribution in [0.1, 0.15) is 32.1 Å². The molecular weight excluding hydrogens is 182 g/mol. The van der Waals surface area contributed by atoms with Gasteiger partial charge in [0.15, 0.2) is 0 Å². The topological polar surface area (TPSA) is 20.3 Å². The summed E-state index contributed by atoms with van der Waals surface area (Å²) in [6.45, 7) is 1.95. The van der Waals surface area contributed by atoms with E-state index in [0.29, 0.717) is 11.3 Å². The van der Waals surface area contributed by atoms with E-state index in [1.165, 1.54) is 19.3 Å². The van der Waals surface area contributed by atoms with Crippen molar-refractivity contribution in [1.29, 1.82) is 0 Å². The van der Waals surface area contributed by atoms with Gasteiger partial charge in [0.25, 0.3) is 0 Å². The first-order chi connectivity index (χ1) is 6.26. The van der Waals surface area contributed by atoms with Crippen LogP contribution in [-0.4, -0.2) is 29.6 Å². The van der Waals surface area contributed by atoms with Gasteiger partial charge in [-0.2, -0.15) is 12.6 Å². The Balaban J connectivity index is 1.89. The lowest BCUT2D eigenvalue weighted by Crippen LogP contribution is -2.39. The zero-order valence-electron chi connectivity index (χ0n) is 7.96. The van der Waals surface area contributed by atoms with Crippen LogP contribution < -0.4 is 0 Å². The maximum atomic E-state index is 11.5. The minimum absolute atomic E-state index is 0.360. The number of amides is 1. The number of carbonyl (C=O) groups is 1. The molecule has 0 spiro atoms. The molecular formula is C10H17NOS. The number of thiol groups is 1. The van der Waals surface area contributed by atoms with Crippen LogP contribution in [0.3, 0.4) is 0 Å². The SMILES string of the molecule is O=C1CCCCN1CC1(CS)CC1.